The first-order valence-corrected chi connectivity index (χ1v) is 21.8. The van der Waals surface area contributed by atoms with E-state index in [1.807, 2.05) is 20.8 Å². The summed E-state index contributed by atoms with van der Waals surface area (Å²) in [7, 11) is 0. The van der Waals surface area contributed by atoms with Crippen molar-refractivity contribution in [2.75, 3.05) is 26.3 Å². The number of ether oxygens (including phenoxy) is 3. The predicted octanol–water partition coefficient (Wildman–Crippen LogP) is 13.4. The Labute approximate surface area is 321 Å². The smallest absolute Gasteiger partial charge is 0.410 e. The minimum atomic E-state index is -0.656. The molecular formula is C45H83NO6. The Bertz CT molecular complexity index is 835. The number of unbranched alkanes of at least 4 members (excludes halogenated alkanes) is 22. The fourth-order valence-corrected chi connectivity index (χ4v) is 5.98. The SMILES string of the molecule is CCCCCCCCC=CCCCCCCCC(=O)OCCN(CCOC(=O)CCCCCCCC=CCCCCCCCC)C(=O)OC(C)(C)C. The van der Waals surface area contributed by atoms with Crippen LogP contribution in [0.25, 0.3) is 0 Å². The van der Waals surface area contributed by atoms with Crippen LogP contribution in [0.15, 0.2) is 24.3 Å². The molecule has 0 atom stereocenters. The second-order valence-electron chi connectivity index (χ2n) is 15.6. The van der Waals surface area contributed by atoms with Gasteiger partial charge in [-0.3, -0.25) is 9.59 Å². The van der Waals surface area contributed by atoms with Gasteiger partial charge in [0.15, 0.2) is 0 Å². The van der Waals surface area contributed by atoms with Gasteiger partial charge < -0.3 is 19.1 Å². The Morgan fingerprint density at radius 3 is 1.10 bits per heavy atom. The molecule has 7 nitrogen and oxygen atoms in total. The van der Waals surface area contributed by atoms with E-state index < -0.39 is 11.7 Å². The average molecular weight is 734 g/mol. The molecule has 0 saturated heterocycles. The largest absolute Gasteiger partial charge is 0.464 e. The molecule has 52 heavy (non-hydrogen) atoms. The van der Waals surface area contributed by atoms with E-state index in [1.54, 1.807) is 0 Å². The minimum absolute atomic E-state index is 0.0893. The van der Waals surface area contributed by atoms with Crippen molar-refractivity contribution in [3.63, 3.8) is 0 Å². The van der Waals surface area contributed by atoms with Crippen molar-refractivity contribution in [3.8, 4) is 0 Å². The van der Waals surface area contributed by atoms with Gasteiger partial charge in [0.1, 0.15) is 18.8 Å². The van der Waals surface area contributed by atoms with Crippen LogP contribution in [-0.4, -0.2) is 54.8 Å². The lowest BCUT2D eigenvalue weighted by Gasteiger charge is -2.27. The molecule has 0 radical (unpaired) electrons. The summed E-state index contributed by atoms with van der Waals surface area (Å²) >= 11 is 0. The Balaban J connectivity index is 4.02. The molecule has 0 saturated carbocycles. The number of carbonyl (C=O) groups excluding carboxylic acids is 3. The molecule has 0 aliphatic rings. The summed E-state index contributed by atoms with van der Waals surface area (Å²) in [6.45, 7) is 10.5. The van der Waals surface area contributed by atoms with Crippen molar-refractivity contribution in [3.05, 3.63) is 24.3 Å². The third kappa shape index (κ3) is 37.4. The zero-order valence-electron chi connectivity index (χ0n) is 34.8. The van der Waals surface area contributed by atoms with Crippen LogP contribution in [0.1, 0.15) is 214 Å². The standard InChI is InChI=1S/C45H83NO6/c1-6-8-10-12-14-16-18-20-22-24-26-28-30-32-34-36-42(47)50-40-38-46(44(49)52-45(3,4)5)39-41-51-43(48)37-35-33-31-29-27-25-23-21-19-17-15-13-11-9-7-2/h20-23H,6-19,24-41H2,1-5H3. The normalized spacial score (nSPS) is 11.8. The van der Waals surface area contributed by atoms with Crippen molar-refractivity contribution in [2.45, 2.75) is 220 Å². The highest BCUT2D eigenvalue weighted by atomic mass is 16.6. The maximum Gasteiger partial charge on any atom is 0.410 e. The number of hydrogen-bond donors (Lipinski definition) is 0. The first-order chi connectivity index (χ1) is 25.2. The fourth-order valence-electron chi connectivity index (χ4n) is 5.98. The quantitative estimate of drug-likeness (QED) is 0.0276. The maximum atomic E-state index is 12.8. The molecule has 0 aromatic rings. The Hall–Kier alpha value is -2.31. The van der Waals surface area contributed by atoms with E-state index in [1.165, 1.54) is 120 Å². The average Bonchev–Trinajstić information content (AvgIpc) is 3.10. The van der Waals surface area contributed by atoms with Crippen molar-refractivity contribution in [1.29, 1.82) is 0 Å². The van der Waals surface area contributed by atoms with Crippen LogP contribution in [0.3, 0.4) is 0 Å². The van der Waals surface area contributed by atoms with Crippen LogP contribution >= 0.6 is 0 Å². The number of hydrogen-bond acceptors (Lipinski definition) is 6. The maximum absolute atomic E-state index is 12.8. The van der Waals surface area contributed by atoms with E-state index in [0.717, 1.165) is 51.4 Å². The van der Waals surface area contributed by atoms with Gasteiger partial charge in [-0.2, -0.15) is 0 Å². The summed E-state index contributed by atoms with van der Waals surface area (Å²) in [5.74, 6) is -0.485. The van der Waals surface area contributed by atoms with Gasteiger partial charge in [0, 0.05) is 12.8 Å². The number of carbonyl (C=O) groups is 3. The molecule has 7 heteroatoms. The van der Waals surface area contributed by atoms with Gasteiger partial charge in [-0.15, -0.1) is 0 Å². The molecule has 0 unspecified atom stereocenters. The van der Waals surface area contributed by atoms with Crippen molar-refractivity contribution in [1.82, 2.24) is 4.90 Å². The molecule has 0 bridgehead atoms. The minimum Gasteiger partial charge on any atom is -0.464 e. The Kier molecular flexibility index (Phi) is 35.4. The zero-order valence-corrected chi connectivity index (χ0v) is 34.8. The third-order valence-electron chi connectivity index (χ3n) is 9.19. The molecule has 304 valence electrons. The molecule has 0 aromatic carbocycles. The first-order valence-electron chi connectivity index (χ1n) is 21.8. The van der Waals surface area contributed by atoms with Gasteiger partial charge in [-0.1, -0.05) is 141 Å². The molecule has 1 amide bonds. The summed E-state index contributed by atoms with van der Waals surface area (Å²) in [6.07, 6.45) is 41.1. The number of esters is 2. The van der Waals surface area contributed by atoms with E-state index in [0.29, 0.717) is 12.8 Å². The van der Waals surface area contributed by atoms with Crippen LogP contribution in [-0.2, 0) is 23.8 Å². The van der Waals surface area contributed by atoms with Crippen LogP contribution in [0.2, 0.25) is 0 Å². The van der Waals surface area contributed by atoms with Gasteiger partial charge in [-0.05, 0) is 85.0 Å². The fraction of sp³-hybridized carbons (Fsp3) is 0.844. The lowest BCUT2D eigenvalue weighted by atomic mass is 10.1. The highest BCUT2D eigenvalue weighted by Crippen LogP contribution is 2.13. The van der Waals surface area contributed by atoms with Crippen LogP contribution in [0, 0.1) is 0 Å². The molecule has 0 aliphatic heterocycles. The van der Waals surface area contributed by atoms with E-state index in [9.17, 15) is 14.4 Å². The molecule has 0 aromatic heterocycles. The lowest BCUT2D eigenvalue weighted by molar-refractivity contribution is -0.144. The van der Waals surface area contributed by atoms with E-state index >= 15 is 0 Å². The number of nitrogens with zero attached hydrogens (tertiary/aromatic N) is 1. The van der Waals surface area contributed by atoms with Crippen molar-refractivity contribution >= 4 is 18.0 Å². The highest BCUT2D eigenvalue weighted by molar-refractivity contribution is 5.70. The highest BCUT2D eigenvalue weighted by Gasteiger charge is 2.22. The third-order valence-corrected chi connectivity index (χ3v) is 9.19. The molecule has 0 spiro atoms. The Morgan fingerprint density at radius 1 is 0.462 bits per heavy atom. The van der Waals surface area contributed by atoms with Crippen LogP contribution in [0.4, 0.5) is 4.79 Å². The van der Waals surface area contributed by atoms with Crippen LogP contribution in [0.5, 0.6) is 0 Å². The van der Waals surface area contributed by atoms with Gasteiger partial charge in [0.2, 0.25) is 0 Å². The summed E-state index contributed by atoms with van der Waals surface area (Å²) < 4.78 is 16.4. The first kappa shape index (κ1) is 49.7. The van der Waals surface area contributed by atoms with Crippen LogP contribution < -0.4 is 0 Å². The van der Waals surface area contributed by atoms with Gasteiger partial charge in [-0.25, -0.2) is 4.79 Å². The summed E-state index contributed by atoms with van der Waals surface area (Å²) in [5, 5.41) is 0. The van der Waals surface area contributed by atoms with Crippen molar-refractivity contribution < 1.29 is 28.6 Å². The van der Waals surface area contributed by atoms with E-state index in [2.05, 4.69) is 38.2 Å². The lowest BCUT2D eigenvalue weighted by Crippen LogP contribution is -2.41. The van der Waals surface area contributed by atoms with Gasteiger partial charge in [0.05, 0.1) is 13.1 Å². The molecule has 0 fully saturated rings. The zero-order chi connectivity index (χ0) is 38.4. The van der Waals surface area contributed by atoms with Gasteiger partial charge in [0.25, 0.3) is 0 Å². The predicted molar refractivity (Wildman–Crippen MR) is 219 cm³/mol. The summed E-state index contributed by atoms with van der Waals surface area (Å²) in [6, 6.07) is 0. The number of allylic oxidation sites excluding steroid dienone is 4. The second kappa shape index (κ2) is 37.0. The second-order valence-corrected chi connectivity index (χ2v) is 15.6. The topological polar surface area (TPSA) is 82.1 Å². The van der Waals surface area contributed by atoms with Gasteiger partial charge >= 0.3 is 18.0 Å². The van der Waals surface area contributed by atoms with E-state index in [-0.39, 0.29) is 38.2 Å². The molecule has 0 heterocycles. The molecule has 0 rings (SSSR count). The number of amides is 1. The van der Waals surface area contributed by atoms with E-state index in [4.69, 9.17) is 14.2 Å². The molecule has 0 aliphatic carbocycles. The van der Waals surface area contributed by atoms with Crippen molar-refractivity contribution in [2.24, 2.45) is 0 Å². The summed E-state index contributed by atoms with van der Waals surface area (Å²) in [4.78, 5) is 38.8. The summed E-state index contributed by atoms with van der Waals surface area (Å²) in [5.41, 5.74) is -0.656. The molecule has 0 N–H and O–H groups in total. The number of rotatable bonds is 36. The molecular weight excluding hydrogens is 650 g/mol. The Morgan fingerprint density at radius 2 is 0.769 bits per heavy atom. The monoisotopic (exact) mass is 734 g/mol.